The first-order valence-corrected chi connectivity index (χ1v) is 7.57. The van der Waals surface area contributed by atoms with Crippen LogP contribution in [0, 0.1) is 19.8 Å². The first-order chi connectivity index (χ1) is 10.0. The number of carbonyl (C=O) groups is 1. The van der Waals surface area contributed by atoms with E-state index in [0.717, 1.165) is 30.8 Å². The molecule has 1 fully saturated rings. The lowest BCUT2D eigenvalue weighted by Gasteiger charge is -2.32. The minimum atomic E-state index is -0.00644. The summed E-state index contributed by atoms with van der Waals surface area (Å²) in [5.74, 6) is 0.124. The summed E-state index contributed by atoms with van der Waals surface area (Å²) in [6, 6.07) is 0.0515. The summed E-state index contributed by atoms with van der Waals surface area (Å²) in [5, 5.41) is 3.01. The zero-order chi connectivity index (χ0) is 15.4. The maximum Gasteiger partial charge on any atom is 0.223 e. The number of aryl methyl sites for hydroxylation is 1. The number of ether oxygens (including phenoxy) is 1. The topological polar surface area (TPSA) is 82.2 Å². The maximum absolute atomic E-state index is 12.2. The number of aromatic nitrogens is 2. The van der Waals surface area contributed by atoms with E-state index in [1.165, 1.54) is 0 Å². The van der Waals surface area contributed by atoms with Gasteiger partial charge in [-0.1, -0.05) is 0 Å². The van der Waals surface area contributed by atoms with Crippen LogP contribution in [0.1, 0.15) is 30.7 Å². The fourth-order valence-electron chi connectivity index (χ4n) is 2.88. The number of rotatable bonds is 5. The highest BCUT2D eigenvalue weighted by atomic mass is 16.5. The zero-order valence-corrected chi connectivity index (χ0v) is 13.1. The van der Waals surface area contributed by atoms with Crippen LogP contribution in [0.4, 0.5) is 0 Å². The molecule has 1 aromatic heterocycles. The highest BCUT2D eigenvalue weighted by molar-refractivity contribution is 5.78. The van der Waals surface area contributed by atoms with Gasteiger partial charge in [-0.3, -0.25) is 4.79 Å². The third kappa shape index (κ3) is 3.83. The number of hydrogen-bond acceptors (Lipinski definition) is 4. The van der Waals surface area contributed by atoms with Crippen molar-refractivity contribution in [2.45, 2.75) is 51.8 Å². The van der Waals surface area contributed by atoms with Crippen molar-refractivity contribution in [3.8, 4) is 0 Å². The number of imidazole rings is 1. The van der Waals surface area contributed by atoms with Crippen molar-refractivity contribution in [2.75, 3.05) is 13.7 Å². The predicted molar refractivity (Wildman–Crippen MR) is 80.8 cm³/mol. The molecule has 1 aliphatic carbocycles. The third-order valence-corrected chi connectivity index (χ3v) is 4.51. The summed E-state index contributed by atoms with van der Waals surface area (Å²) in [7, 11) is 1.66. The molecular weight excluding hydrogens is 268 g/mol. The minimum absolute atomic E-state index is 0.00644. The molecule has 3 N–H and O–H groups in total. The second-order valence-corrected chi connectivity index (χ2v) is 5.85. The van der Waals surface area contributed by atoms with Gasteiger partial charge < -0.3 is 20.4 Å². The minimum Gasteiger partial charge on any atom is -0.380 e. The predicted octanol–water partition coefficient (Wildman–Crippen LogP) is 0.759. The van der Waals surface area contributed by atoms with Gasteiger partial charge in [0, 0.05) is 37.9 Å². The van der Waals surface area contributed by atoms with Crippen LogP contribution >= 0.6 is 0 Å². The first-order valence-electron chi connectivity index (χ1n) is 7.57. The Morgan fingerprint density at radius 3 is 2.90 bits per heavy atom. The van der Waals surface area contributed by atoms with E-state index in [4.69, 9.17) is 10.5 Å². The van der Waals surface area contributed by atoms with Crippen LogP contribution in [0.5, 0.6) is 0 Å². The van der Waals surface area contributed by atoms with Crippen molar-refractivity contribution in [1.82, 2.24) is 14.9 Å². The van der Waals surface area contributed by atoms with Gasteiger partial charge in [-0.05, 0) is 33.1 Å². The van der Waals surface area contributed by atoms with Gasteiger partial charge in [0.1, 0.15) is 0 Å². The SMILES string of the molecule is CO[C@H]1C[C@@H](C(=O)NCCn2cnc(C)c2C)CC[C@@H]1N. The van der Waals surface area contributed by atoms with E-state index in [1.807, 2.05) is 20.2 Å². The molecule has 118 valence electrons. The van der Waals surface area contributed by atoms with Gasteiger partial charge in [0.05, 0.1) is 18.1 Å². The molecule has 0 saturated heterocycles. The summed E-state index contributed by atoms with van der Waals surface area (Å²) >= 11 is 0. The van der Waals surface area contributed by atoms with E-state index in [2.05, 4.69) is 14.9 Å². The molecule has 0 bridgehead atoms. The Morgan fingerprint density at radius 2 is 2.29 bits per heavy atom. The molecule has 1 heterocycles. The van der Waals surface area contributed by atoms with Gasteiger partial charge in [-0.25, -0.2) is 4.98 Å². The molecule has 3 atom stereocenters. The van der Waals surface area contributed by atoms with E-state index in [0.29, 0.717) is 13.0 Å². The van der Waals surface area contributed by atoms with Gasteiger partial charge in [0.15, 0.2) is 0 Å². The fraction of sp³-hybridized carbons (Fsp3) is 0.733. The second kappa shape index (κ2) is 7.04. The highest BCUT2D eigenvalue weighted by Gasteiger charge is 2.31. The highest BCUT2D eigenvalue weighted by Crippen LogP contribution is 2.25. The Bertz CT molecular complexity index is 486. The largest absolute Gasteiger partial charge is 0.380 e. The monoisotopic (exact) mass is 294 g/mol. The smallest absolute Gasteiger partial charge is 0.223 e. The number of amides is 1. The van der Waals surface area contributed by atoms with Crippen molar-refractivity contribution >= 4 is 5.91 Å². The lowest BCUT2D eigenvalue weighted by molar-refractivity contribution is -0.127. The number of carbonyl (C=O) groups excluding carboxylic acids is 1. The van der Waals surface area contributed by atoms with Crippen molar-refractivity contribution in [1.29, 1.82) is 0 Å². The van der Waals surface area contributed by atoms with Crippen molar-refractivity contribution in [3.05, 3.63) is 17.7 Å². The van der Waals surface area contributed by atoms with Crippen LogP contribution in [0.25, 0.3) is 0 Å². The lowest BCUT2D eigenvalue weighted by atomic mass is 9.83. The van der Waals surface area contributed by atoms with Crippen molar-refractivity contribution < 1.29 is 9.53 Å². The van der Waals surface area contributed by atoms with Gasteiger partial charge in [0.25, 0.3) is 0 Å². The molecule has 2 rings (SSSR count). The summed E-state index contributed by atoms with van der Waals surface area (Å²) in [6.07, 6.45) is 4.21. The van der Waals surface area contributed by atoms with E-state index in [9.17, 15) is 4.79 Å². The summed E-state index contributed by atoms with van der Waals surface area (Å²) in [5.41, 5.74) is 8.16. The standard InChI is InChI=1S/C15H26N4O2/c1-10-11(2)19(9-18-10)7-6-17-15(20)12-4-5-13(16)14(8-12)21-3/h9,12-14H,4-8,16H2,1-3H3,(H,17,20)/t12-,13-,14-/m0/s1. The molecule has 0 unspecified atom stereocenters. The summed E-state index contributed by atoms with van der Waals surface area (Å²) in [4.78, 5) is 16.5. The van der Waals surface area contributed by atoms with Crippen LogP contribution in [0.2, 0.25) is 0 Å². The number of hydrogen-bond donors (Lipinski definition) is 2. The molecule has 1 aromatic rings. The molecule has 0 aliphatic heterocycles. The second-order valence-electron chi connectivity index (χ2n) is 5.85. The Labute approximate surface area is 126 Å². The molecule has 21 heavy (non-hydrogen) atoms. The summed E-state index contributed by atoms with van der Waals surface area (Å²) < 4.78 is 7.42. The number of nitrogens with zero attached hydrogens (tertiary/aromatic N) is 2. The van der Waals surface area contributed by atoms with Crippen LogP contribution in [-0.2, 0) is 16.1 Å². The quantitative estimate of drug-likeness (QED) is 0.840. The first kappa shape index (κ1) is 16.0. The van der Waals surface area contributed by atoms with E-state index in [-0.39, 0.29) is 24.0 Å². The van der Waals surface area contributed by atoms with E-state index >= 15 is 0 Å². The van der Waals surface area contributed by atoms with E-state index in [1.54, 1.807) is 7.11 Å². The number of nitrogens with two attached hydrogens (primary N) is 1. The normalized spacial score (nSPS) is 25.8. The van der Waals surface area contributed by atoms with Crippen LogP contribution in [0.3, 0.4) is 0 Å². The molecule has 0 radical (unpaired) electrons. The van der Waals surface area contributed by atoms with Crippen molar-refractivity contribution in [3.63, 3.8) is 0 Å². The van der Waals surface area contributed by atoms with Crippen LogP contribution in [0.15, 0.2) is 6.33 Å². The average molecular weight is 294 g/mol. The van der Waals surface area contributed by atoms with Crippen molar-refractivity contribution in [2.24, 2.45) is 11.7 Å². The third-order valence-electron chi connectivity index (χ3n) is 4.51. The zero-order valence-electron chi connectivity index (χ0n) is 13.1. The molecule has 0 spiro atoms. The molecule has 1 amide bonds. The maximum atomic E-state index is 12.2. The fourth-order valence-corrected chi connectivity index (χ4v) is 2.88. The molecule has 1 aliphatic rings. The number of nitrogens with one attached hydrogen (secondary N) is 1. The van der Waals surface area contributed by atoms with E-state index < -0.39 is 0 Å². The van der Waals surface area contributed by atoms with Gasteiger partial charge in [-0.2, -0.15) is 0 Å². The summed E-state index contributed by atoms with van der Waals surface area (Å²) in [6.45, 7) is 5.39. The molecule has 1 saturated carbocycles. The van der Waals surface area contributed by atoms with Crippen LogP contribution in [-0.4, -0.2) is 41.3 Å². The van der Waals surface area contributed by atoms with Crippen LogP contribution < -0.4 is 11.1 Å². The molecule has 6 nitrogen and oxygen atoms in total. The Hall–Kier alpha value is -1.40. The Balaban J connectivity index is 1.78. The van der Waals surface area contributed by atoms with Gasteiger partial charge >= 0.3 is 0 Å². The van der Waals surface area contributed by atoms with Gasteiger partial charge in [0.2, 0.25) is 5.91 Å². The average Bonchev–Trinajstić information content (AvgIpc) is 2.79. The Morgan fingerprint density at radius 1 is 1.52 bits per heavy atom. The molecule has 6 heteroatoms. The van der Waals surface area contributed by atoms with Gasteiger partial charge in [-0.15, -0.1) is 0 Å². The molecule has 0 aromatic carbocycles. The molecular formula is C15H26N4O2. The Kier molecular flexibility index (Phi) is 5.36. The number of methoxy groups -OCH3 is 1. The lowest BCUT2D eigenvalue weighted by Crippen LogP contribution is -2.45.